The fraction of sp³-hybridized carbons (Fsp3) is 0.231. The summed E-state index contributed by atoms with van der Waals surface area (Å²) in [6.07, 6.45) is 1.81. The summed E-state index contributed by atoms with van der Waals surface area (Å²) in [6, 6.07) is 14.2. The molecule has 4 aromatic rings. The van der Waals surface area contributed by atoms with Crippen molar-refractivity contribution in [3.05, 3.63) is 66.5 Å². The maximum absolute atomic E-state index is 13.7. The second-order valence-electron chi connectivity index (χ2n) is 8.20. The summed E-state index contributed by atoms with van der Waals surface area (Å²) in [5.74, 6) is 0.0137. The summed E-state index contributed by atoms with van der Waals surface area (Å²) in [7, 11) is 0. The Labute approximate surface area is 195 Å². The molecule has 4 heterocycles. The van der Waals surface area contributed by atoms with Crippen LogP contribution in [0.2, 0.25) is 0 Å². The number of hydrogen-bond acceptors (Lipinski definition) is 4. The Morgan fingerprint density at radius 3 is 2.62 bits per heavy atom. The number of benzene rings is 2. The molecular weight excluding hydrogens is 440 g/mol. The normalized spacial score (nSPS) is 16.0. The largest absolute Gasteiger partial charge is 0.586 e. The molecule has 174 valence electrons. The van der Waals surface area contributed by atoms with Crippen LogP contribution in [0, 0.1) is 0 Å². The van der Waals surface area contributed by atoms with Crippen LogP contribution in [0.4, 0.5) is 8.78 Å². The number of H-pyrrole nitrogens is 1. The second kappa shape index (κ2) is 8.13. The summed E-state index contributed by atoms with van der Waals surface area (Å²) in [5, 5.41) is 0.746. The minimum atomic E-state index is -3.70. The molecule has 8 heteroatoms. The average Bonchev–Trinajstić information content (AvgIpc) is 3.55. The molecule has 1 N–H and O–H groups in total. The van der Waals surface area contributed by atoms with Crippen molar-refractivity contribution in [2.45, 2.75) is 26.6 Å². The number of pyridine rings is 1. The van der Waals surface area contributed by atoms with Crippen molar-refractivity contribution in [1.82, 2.24) is 14.9 Å². The van der Waals surface area contributed by atoms with Crippen molar-refractivity contribution in [1.29, 1.82) is 0 Å². The molecular formula is C26H23F2N3O3. The molecule has 0 saturated carbocycles. The number of halogens is 2. The van der Waals surface area contributed by atoms with Gasteiger partial charge in [-0.05, 0) is 42.7 Å². The van der Waals surface area contributed by atoms with Crippen LogP contribution in [-0.4, -0.2) is 40.2 Å². The summed E-state index contributed by atoms with van der Waals surface area (Å²) in [6.45, 7) is 1.57. The topological polar surface area (TPSA) is 67.5 Å². The number of nitrogens with zero attached hydrogens (tertiary/aromatic N) is 2. The van der Waals surface area contributed by atoms with E-state index in [1.165, 1.54) is 6.07 Å². The highest BCUT2D eigenvalue weighted by atomic mass is 19.3. The molecule has 2 aromatic carbocycles. The number of amides is 1. The number of aromatic amines is 1. The third kappa shape index (κ3) is 3.65. The Hall–Kier alpha value is -3.94. The number of fused-ring (bicyclic) bond motifs is 2. The van der Waals surface area contributed by atoms with E-state index in [4.69, 9.17) is 4.74 Å². The standard InChI is InChI=1S/C25H19F2N3O3.CH4/c26-25(27)32-21-8-4-7-18(22(21)33-25)20-14-29-23-19(20)12-17(13-28-23)15-5-3-6-16(11-15)24(31)30-9-1-2-10-30;/h3-8,11-14H,1-2,9-10H2,(H,28,29);1H4. The molecule has 6 rings (SSSR count). The van der Waals surface area contributed by atoms with Crippen LogP contribution in [0.15, 0.2) is 60.9 Å². The lowest BCUT2D eigenvalue weighted by Gasteiger charge is -2.15. The number of aromatic nitrogens is 2. The number of nitrogens with one attached hydrogen (secondary N) is 1. The van der Waals surface area contributed by atoms with E-state index < -0.39 is 6.29 Å². The van der Waals surface area contributed by atoms with Crippen LogP contribution in [0.25, 0.3) is 33.3 Å². The van der Waals surface area contributed by atoms with Gasteiger partial charge in [-0.3, -0.25) is 4.79 Å². The Balaban J connectivity index is 0.00000241. The molecule has 0 radical (unpaired) electrons. The van der Waals surface area contributed by atoms with Crippen molar-refractivity contribution < 1.29 is 23.0 Å². The maximum Gasteiger partial charge on any atom is 0.586 e. The monoisotopic (exact) mass is 463 g/mol. The minimum Gasteiger partial charge on any atom is -0.395 e. The molecule has 0 aliphatic carbocycles. The predicted octanol–water partition coefficient (Wildman–Crippen LogP) is 6.09. The lowest BCUT2D eigenvalue weighted by molar-refractivity contribution is -0.286. The average molecular weight is 463 g/mol. The number of rotatable bonds is 3. The summed E-state index contributed by atoms with van der Waals surface area (Å²) < 4.78 is 36.7. The summed E-state index contributed by atoms with van der Waals surface area (Å²) in [4.78, 5) is 22.3. The van der Waals surface area contributed by atoms with E-state index in [1.807, 2.05) is 35.2 Å². The Bertz CT molecular complexity index is 1390. The molecule has 2 aromatic heterocycles. The number of hydrogen-bond donors (Lipinski definition) is 1. The zero-order valence-corrected chi connectivity index (χ0v) is 17.5. The van der Waals surface area contributed by atoms with Gasteiger partial charge in [0.15, 0.2) is 11.5 Å². The van der Waals surface area contributed by atoms with Crippen molar-refractivity contribution in [3.8, 4) is 33.8 Å². The molecule has 0 unspecified atom stereocenters. The number of likely N-dealkylation sites (tertiary alicyclic amines) is 1. The second-order valence-corrected chi connectivity index (χ2v) is 8.20. The number of carbonyl (C=O) groups is 1. The van der Waals surface area contributed by atoms with Gasteiger partial charge in [-0.15, -0.1) is 8.78 Å². The summed E-state index contributed by atoms with van der Waals surface area (Å²) in [5.41, 5.74) is 4.06. The van der Waals surface area contributed by atoms with Gasteiger partial charge in [-0.25, -0.2) is 4.98 Å². The van der Waals surface area contributed by atoms with Crippen LogP contribution < -0.4 is 9.47 Å². The number of ether oxygens (including phenoxy) is 2. The van der Waals surface area contributed by atoms with Crippen LogP contribution in [0.3, 0.4) is 0 Å². The third-order valence-corrected chi connectivity index (χ3v) is 6.09. The van der Waals surface area contributed by atoms with Gasteiger partial charge in [0.05, 0.1) is 0 Å². The van der Waals surface area contributed by atoms with Crippen LogP contribution in [-0.2, 0) is 0 Å². The van der Waals surface area contributed by atoms with Gasteiger partial charge in [0, 0.05) is 53.1 Å². The van der Waals surface area contributed by atoms with E-state index in [9.17, 15) is 13.6 Å². The lowest BCUT2D eigenvalue weighted by Crippen LogP contribution is -2.27. The van der Waals surface area contributed by atoms with Crippen molar-refractivity contribution in [2.75, 3.05) is 13.1 Å². The zero-order valence-electron chi connectivity index (χ0n) is 17.5. The first-order chi connectivity index (χ1) is 16.0. The molecule has 34 heavy (non-hydrogen) atoms. The first-order valence-corrected chi connectivity index (χ1v) is 10.7. The Kier molecular flexibility index (Phi) is 5.23. The van der Waals surface area contributed by atoms with Gasteiger partial charge in [0.2, 0.25) is 0 Å². The molecule has 2 aliphatic heterocycles. The third-order valence-electron chi connectivity index (χ3n) is 6.09. The van der Waals surface area contributed by atoms with Crippen molar-refractivity contribution >= 4 is 16.9 Å². The molecule has 1 saturated heterocycles. The molecule has 1 amide bonds. The Morgan fingerprint density at radius 1 is 1.00 bits per heavy atom. The summed E-state index contributed by atoms with van der Waals surface area (Å²) >= 11 is 0. The first-order valence-electron chi connectivity index (χ1n) is 10.7. The fourth-order valence-electron chi connectivity index (χ4n) is 4.50. The van der Waals surface area contributed by atoms with Gasteiger partial charge in [-0.1, -0.05) is 31.7 Å². The molecule has 0 spiro atoms. The lowest BCUT2D eigenvalue weighted by atomic mass is 10.00. The van der Waals surface area contributed by atoms with E-state index >= 15 is 0 Å². The SMILES string of the molecule is C.O=C(c1cccc(-c2cnc3[nH]cc(-c4cccc5c4OC(F)(F)O5)c3c2)c1)N1CCCC1. The van der Waals surface area contributed by atoms with Gasteiger partial charge in [0.1, 0.15) is 5.65 Å². The fourth-order valence-corrected chi connectivity index (χ4v) is 4.50. The highest BCUT2D eigenvalue weighted by Gasteiger charge is 2.44. The maximum atomic E-state index is 13.7. The van der Waals surface area contributed by atoms with Crippen LogP contribution in [0.5, 0.6) is 11.5 Å². The number of para-hydroxylation sites is 1. The van der Waals surface area contributed by atoms with E-state index in [1.54, 1.807) is 24.5 Å². The van der Waals surface area contributed by atoms with Gasteiger partial charge in [-0.2, -0.15) is 0 Å². The molecule has 2 aliphatic rings. The number of alkyl halides is 2. The van der Waals surface area contributed by atoms with Crippen molar-refractivity contribution in [3.63, 3.8) is 0 Å². The molecule has 0 bridgehead atoms. The van der Waals surface area contributed by atoms with Crippen LogP contribution in [0.1, 0.15) is 30.6 Å². The molecule has 1 fully saturated rings. The van der Waals surface area contributed by atoms with Gasteiger partial charge >= 0.3 is 6.29 Å². The number of carbonyl (C=O) groups excluding carboxylic acids is 1. The van der Waals surface area contributed by atoms with Gasteiger partial charge < -0.3 is 19.4 Å². The minimum absolute atomic E-state index is 0. The highest BCUT2D eigenvalue weighted by molar-refractivity contribution is 5.99. The molecule has 0 atom stereocenters. The van der Waals surface area contributed by atoms with Gasteiger partial charge in [0.25, 0.3) is 5.91 Å². The highest BCUT2D eigenvalue weighted by Crippen LogP contribution is 2.48. The quantitative estimate of drug-likeness (QED) is 0.399. The first kappa shape index (κ1) is 21.9. The smallest absolute Gasteiger partial charge is 0.395 e. The van der Waals surface area contributed by atoms with Crippen LogP contribution >= 0.6 is 0 Å². The van der Waals surface area contributed by atoms with E-state index in [2.05, 4.69) is 14.7 Å². The Morgan fingerprint density at radius 2 is 1.79 bits per heavy atom. The predicted molar refractivity (Wildman–Crippen MR) is 125 cm³/mol. The van der Waals surface area contributed by atoms with Crippen molar-refractivity contribution in [2.24, 2.45) is 0 Å². The molecule has 6 nitrogen and oxygen atoms in total. The zero-order chi connectivity index (χ0) is 22.6. The van der Waals surface area contributed by atoms with E-state index in [0.717, 1.165) is 42.4 Å². The van der Waals surface area contributed by atoms with E-state index in [0.29, 0.717) is 22.3 Å². The van der Waals surface area contributed by atoms with E-state index in [-0.39, 0.29) is 24.8 Å².